The SMILES string of the molecule is CC(C(=O)Nc1ccccc1F)N(C)Cc1ccccc1[N+](=O)[O-]. The Kier molecular flexibility index (Phi) is 5.59. The summed E-state index contributed by atoms with van der Waals surface area (Å²) < 4.78 is 13.6. The van der Waals surface area contributed by atoms with Crippen molar-refractivity contribution in [3.63, 3.8) is 0 Å². The number of likely N-dealkylation sites (N-methyl/N-ethyl adjacent to an activating group) is 1. The van der Waals surface area contributed by atoms with Gasteiger partial charge in [-0.15, -0.1) is 0 Å². The van der Waals surface area contributed by atoms with Crippen molar-refractivity contribution < 1.29 is 14.1 Å². The molecule has 2 aromatic carbocycles. The minimum Gasteiger partial charge on any atom is -0.322 e. The third-order valence-electron chi connectivity index (χ3n) is 3.78. The second kappa shape index (κ2) is 7.65. The largest absolute Gasteiger partial charge is 0.322 e. The molecule has 0 heterocycles. The van der Waals surface area contributed by atoms with Gasteiger partial charge in [0.2, 0.25) is 5.91 Å². The summed E-state index contributed by atoms with van der Waals surface area (Å²) in [5.41, 5.74) is 0.620. The third-order valence-corrected chi connectivity index (χ3v) is 3.78. The Morgan fingerprint density at radius 2 is 1.88 bits per heavy atom. The van der Waals surface area contributed by atoms with Crippen LogP contribution in [-0.4, -0.2) is 28.8 Å². The summed E-state index contributed by atoms with van der Waals surface area (Å²) in [4.78, 5) is 24.5. The first-order valence-electron chi connectivity index (χ1n) is 7.38. The zero-order valence-corrected chi connectivity index (χ0v) is 13.4. The predicted molar refractivity (Wildman–Crippen MR) is 89.1 cm³/mol. The number of halogens is 1. The van der Waals surface area contributed by atoms with Crippen LogP contribution in [0.4, 0.5) is 15.8 Å². The molecule has 2 aromatic rings. The number of para-hydroxylation sites is 2. The molecule has 0 radical (unpaired) electrons. The van der Waals surface area contributed by atoms with Crippen LogP contribution in [0.2, 0.25) is 0 Å². The van der Waals surface area contributed by atoms with Crippen LogP contribution in [0.5, 0.6) is 0 Å². The maximum absolute atomic E-state index is 13.6. The molecule has 0 aromatic heterocycles. The van der Waals surface area contributed by atoms with Crippen molar-refractivity contribution in [3.05, 3.63) is 70.0 Å². The minimum absolute atomic E-state index is 0.00561. The molecular weight excluding hydrogens is 313 g/mol. The van der Waals surface area contributed by atoms with E-state index < -0.39 is 16.8 Å². The summed E-state index contributed by atoms with van der Waals surface area (Å²) in [7, 11) is 1.68. The van der Waals surface area contributed by atoms with E-state index in [4.69, 9.17) is 0 Å². The highest BCUT2D eigenvalue weighted by molar-refractivity contribution is 5.94. The number of nitro groups is 1. The summed E-state index contributed by atoms with van der Waals surface area (Å²) in [6.07, 6.45) is 0. The summed E-state index contributed by atoms with van der Waals surface area (Å²) in [5.74, 6) is -0.902. The first-order chi connectivity index (χ1) is 11.4. The maximum atomic E-state index is 13.6. The highest BCUT2D eigenvalue weighted by Crippen LogP contribution is 2.20. The molecule has 0 fully saturated rings. The quantitative estimate of drug-likeness (QED) is 0.651. The van der Waals surface area contributed by atoms with Crippen LogP contribution in [0, 0.1) is 15.9 Å². The minimum atomic E-state index is -0.593. The number of carbonyl (C=O) groups excluding carboxylic acids is 1. The Balaban J connectivity index is 2.07. The van der Waals surface area contributed by atoms with Crippen molar-refractivity contribution in [2.45, 2.75) is 19.5 Å². The Morgan fingerprint density at radius 1 is 1.25 bits per heavy atom. The molecule has 1 atom stereocenters. The van der Waals surface area contributed by atoms with Gasteiger partial charge in [-0.2, -0.15) is 0 Å². The number of nitrogens with zero attached hydrogens (tertiary/aromatic N) is 2. The van der Waals surface area contributed by atoms with E-state index in [2.05, 4.69) is 5.32 Å². The molecular formula is C17H18FN3O3. The van der Waals surface area contributed by atoms with Crippen LogP contribution in [0.25, 0.3) is 0 Å². The molecule has 1 N–H and O–H groups in total. The zero-order chi connectivity index (χ0) is 17.7. The Bertz CT molecular complexity index is 751. The molecule has 24 heavy (non-hydrogen) atoms. The Morgan fingerprint density at radius 3 is 2.54 bits per heavy atom. The molecule has 0 aliphatic carbocycles. The number of carbonyl (C=O) groups is 1. The average molecular weight is 331 g/mol. The second-order valence-electron chi connectivity index (χ2n) is 5.45. The number of amides is 1. The lowest BCUT2D eigenvalue weighted by Crippen LogP contribution is -2.39. The van der Waals surface area contributed by atoms with Crippen LogP contribution in [0.1, 0.15) is 12.5 Å². The Labute approximate surface area is 139 Å². The third kappa shape index (κ3) is 4.14. The van der Waals surface area contributed by atoms with Crippen molar-refractivity contribution in [3.8, 4) is 0 Å². The number of hydrogen-bond acceptors (Lipinski definition) is 4. The standard InChI is InChI=1S/C17H18FN3O3/c1-12(17(22)19-15-9-5-4-8-14(15)18)20(2)11-13-7-3-6-10-16(13)21(23)24/h3-10,12H,11H2,1-2H3,(H,19,22). The van der Waals surface area contributed by atoms with Crippen LogP contribution < -0.4 is 5.32 Å². The van der Waals surface area contributed by atoms with Crippen molar-refractivity contribution in [1.29, 1.82) is 0 Å². The summed E-state index contributed by atoms with van der Waals surface area (Å²) in [6, 6.07) is 11.7. The van der Waals surface area contributed by atoms with Gasteiger partial charge in [-0.25, -0.2) is 4.39 Å². The van der Waals surface area contributed by atoms with Gasteiger partial charge in [-0.05, 0) is 26.1 Å². The van der Waals surface area contributed by atoms with Gasteiger partial charge in [0.15, 0.2) is 0 Å². The number of hydrogen-bond donors (Lipinski definition) is 1. The van der Waals surface area contributed by atoms with Gasteiger partial charge in [0.25, 0.3) is 5.69 Å². The molecule has 0 aliphatic rings. The molecule has 0 saturated heterocycles. The maximum Gasteiger partial charge on any atom is 0.273 e. The zero-order valence-electron chi connectivity index (χ0n) is 13.4. The van der Waals surface area contributed by atoms with Gasteiger partial charge in [-0.3, -0.25) is 19.8 Å². The number of nitrogens with one attached hydrogen (secondary N) is 1. The van der Waals surface area contributed by atoms with E-state index in [-0.39, 0.29) is 23.8 Å². The molecule has 7 heteroatoms. The molecule has 0 aliphatic heterocycles. The smallest absolute Gasteiger partial charge is 0.273 e. The molecule has 0 saturated carbocycles. The van der Waals surface area contributed by atoms with Gasteiger partial charge in [-0.1, -0.05) is 30.3 Å². The fourth-order valence-corrected chi connectivity index (χ4v) is 2.23. The van der Waals surface area contributed by atoms with Crippen molar-refractivity contribution >= 4 is 17.3 Å². The van der Waals surface area contributed by atoms with E-state index in [0.29, 0.717) is 5.56 Å². The van der Waals surface area contributed by atoms with Crippen molar-refractivity contribution in [1.82, 2.24) is 4.90 Å². The van der Waals surface area contributed by atoms with E-state index in [1.54, 1.807) is 43.1 Å². The summed E-state index contributed by atoms with van der Waals surface area (Å²) in [6.45, 7) is 1.88. The van der Waals surface area contributed by atoms with Crippen molar-refractivity contribution in [2.24, 2.45) is 0 Å². The fraction of sp³-hybridized carbons (Fsp3) is 0.235. The van der Waals surface area contributed by atoms with E-state index in [0.717, 1.165) is 0 Å². The van der Waals surface area contributed by atoms with Gasteiger partial charge in [0.05, 0.1) is 16.7 Å². The van der Waals surface area contributed by atoms with Crippen molar-refractivity contribution in [2.75, 3.05) is 12.4 Å². The van der Waals surface area contributed by atoms with Crippen LogP contribution >= 0.6 is 0 Å². The summed E-state index contributed by atoms with van der Waals surface area (Å²) in [5, 5.41) is 13.6. The van der Waals surface area contributed by atoms with E-state index in [1.807, 2.05) is 0 Å². The topological polar surface area (TPSA) is 75.5 Å². The molecule has 126 valence electrons. The second-order valence-corrected chi connectivity index (χ2v) is 5.45. The number of anilines is 1. The molecule has 6 nitrogen and oxygen atoms in total. The van der Waals surface area contributed by atoms with Gasteiger partial charge >= 0.3 is 0 Å². The van der Waals surface area contributed by atoms with Crippen LogP contribution in [0.3, 0.4) is 0 Å². The number of nitro benzene ring substituents is 1. The molecule has 1 unspecified atom stereocenters. The van der Waals surface area contributed by atoms with Crippen LogP contribution in [-0.2, 0) is 11.3 Å². The lowest BCUT2D eigenvalue weighted by molar-refractivity contribution is -0.385. The van der Waals surface area contributed by atoms with Crippen LogP contribution in [0.15, 0.2) is 48.5 Å². The molecule has 0 spiro atoms. The normalized spacial score (nSPS) is 12.0. The van der Waals surface area contributed by atoms with E-state index in [9.17, 15) is 19.3 Å². The fourth-order valence-electron chi connectivity index (χ4n) is 2.23. The van der Waals surface area contributed by atoms with Gasteiger partial charge < -0.3 is 5.32 Å². The first-order valence-corrected chi connectivity index (χ1v) is 7.38. The summed E-state index contributed by atoms with van der Waals surface area (Å²) >= 11 is 0. The van der Waals surface area contributed by atoms with E-state index >= 15 is 0 Å². The number of rotatable bonds is 6. The predicted octanol–water partition coefficient (Wildman–Crippen LogP) is 3.19. The Hall–Kier alpha value is -2.80. The lowest BCUT2D eigenvalue weighted by Gasteiger charge is -2.24. The highest BCUT2D eigenvalue weighted by Gasteiger charge is 2.22. The first kappa shape index (κ1) is 17.6. The molecule has 0 bridgehead atoms. The number of benzene rings is 2. The highest BCUT2D eigenvalue weighted by atomic mass is 19.1. The molecule has 2 rings (SSSR count). The van der Waals surface area contributed by atoms with Gasteiger partial charge in [0, 0.05) is 18.2 Å². The average Bonchev–Trinajstić information content (AvgIpc) is 2.56. The monoisotopic (exact) mass is 331 g/mol. The molecule has 1 amide bonds. The van der Waals surface area contributed by atoms with Gasteiger partial charge in [0.1, 0.15) is 5.82 Å². The lowest BCUT2D eigenvalue weighted by atomic mass is 10.1. The van der Waals surface area contributed by atoms with E-state index in [1.165, 1.54) is 24.3 Å².